The molecular formula is C16H21N3O2. The highest BCUT2D eigenvalue weighted by atomic mass is 16.5. The average molecular weight is 287 g/mol. The van der Waals surface area contributed by atoms with Gasteiger partial charge in [-0.25, -0.2) is 0 Å². The molecule has 112 valence electrons. The summed E-state index contributed by atoms with van der Waals surface area (Å²) < 4.78 is 7.06. The van der Waals surface area contributed by atoms with Crippen LogP contribution in [0, 0.1) is 6.92 Å². The first-order chi connectivity index (χ1) is 10.1. The van der Waals surface area contributed by atoms with Crippen LogP contribution < -0.4 is 10.1 Å². The van der Waals surface area contributed by atoms with Crippen molar-refractivity contribution in [3.63, 3.8) is 0 Å². The number of rotatable bonds is 5. The number of carbonyl (C=O) groups is 1. The van der Waals surface area contributed by atoms with Gasteiger partial charge in [0.2, 0.25) is 0 Å². The number of aromatic nitrogens is 2. The van der Waals surface area contributed by atoms with Crippen LogP contribution in [0.5, 0.6) is 5.75 Å². The summed E-state index contributed by atoms with van der Waals surface area (Å²) >= 11 is 0. The number of hydrogen-bond donors (Lipinski definition) is 1. The molecule has 1 heterocycles. The number of benzene rings is 1. The minimum Gasteiger partial charge on any atom is -0.497 e. The molecule has 0 saturated heterocycles. The number of hydrogen-bond acceptors (Lipinski definition) is 3. The molecule has 0 bridgehead atoms. The van der Waals surface area contributed by atoms with Crippen molar-refractivity contribution in [2.24, 2.45) is 0 Å². The smallest absolute Gasteiger partial charge is 0.251 e. The predicted octanol–water partition coefficient (Wildman–Crippen LogP) is 2.71. The SMILES string of the molecule is CCn1ncc(C(C)NC(=O)c2cccc(OC)c2)c1C. The molecular weight excluding hydrogens is 266 g/mol. The predicted molar refractivity (Wildman–Crippen MR) is 81.5 cm³/mol. The second-order valence-electron chi connectivity index (χ2n) is 4.93. The standard InChI is InChI=1S/C16H21N3O2/c1-5-19-12(3)15(10-17-19)11(2)18-16(20)13-7-6-8-14(9-13)21-4/h6-11H,5H2,1-4H3,(H,18,20). The normalized spacial score (nSPS) is 12.0. The summed E-state index contributed by atoms with van der Waals surface area (Å²) in [6.07, 6.45) is 1.81. The van der Waals surface area contributed by atoms with Gasteiger partial charge in [-0.3, -0.25) is 9.48 Å². The quantitative estimate of drug-likeness (QED) is 0.920. The third kappa shape index (κ3) is 3.24. The van der Waals surface area contributed by atoms with Crippen LogP contribution in [0.25, 0.3) is 0 Å². The Bertz CT molecular complexity index is 634. The van der Waals surface area contributed by atoms with Gasteiger partial charge >= 0.3 is 0 Å². The van der Waals surface area contributed by atoms with E-state index < -0.39 is 0 Å². The van der Waals surface area contributed by atoms with Crippen molar-refractivity contribution in [3.8, 4) is 5.75 Å². The van der Waals surface area contributed by atoms with Gasteiger partial charge in [-0.1, -0.05) is 6.07 Å². The fourth-order valence-corrected chi connectivity index (χ4v) is 2.33. The van der Waals surface area contributed by atoms with Crippen LogP contribution in [0.2, 0.25) is 0 Å². The Morgan fingerprint density at radius 2 is 2.24 bits per heavy atom. The Hall–Kier alpha value is -2.30. The first kappa shape index (κ1) is 15.1. The molecule has 1 amide bonds. The van der Waals surface area contributed by atoms with E-state index in [1.165, 1.54) is 0 Å². The van der Waals surface area contributed by atoms with Crippen LogP contribution in [0.1, 0.15) is 41.5 Å². The highest BCUT2D eigenvalue weighted by Crippen LogP contribution is 2.18. The zero-order chi connectivity index (χ0) is 15.4. The number of ether oxygens (including phenoxy) is 1. The van der Waals surface area contributed by atoms with E-state index in [-0.39, 0.29) is 11.9 Å². The summed E-state index contributed by atoms with van der Waals surface area (Å²) in [5, 5.41) is 7.30. The maximum atomic E-state index is 12.3. The van der Waals surface area contributed by atoms with Crippen LogP contribution in [0.15, 0.2) is 30.5 Å². The molecule has 1 aromatic carbocycles. The molecule has 0 aliphatic rings. The van der Waals surface area contributed by atoms with Crippen molar-refractivity contribution in [1.82, 2.24) is 15.1 Å². The lowest BCUT2D eigenvalue weighted by Gasteiger charge is -2.14. The van der Waals surface area contributed by atoms with Crippen molar-refractivity contribution in [1.29, 1.82) is 0 Å². The second-order valence-corrected chi connectivity index (χ2v) is 4.93. The number of nitrogens with zero attached hydrogens (tertiary/aromatic N) is 2. The van der Waals surface area contributed by atoms with Crippen molar-refractivity contribution in [2.45, 2.75) is 33.4 Å². The fourth-order valence-electron chi connectivity index (χ4n) is 2.33. The van der Waals surface area contributed by atoms with E-state index in [1.807, 2.05) is 37.7 Å². The molecule has 0 aliphatic heterocycles. The molecule has 21 heavy (non-hydrogen) atoms. The number of amides is 1. The van der Waals surface area contributed by atoms with Crippen molar-refractivity contribution < 1.29 is 9.53 Å². The Kier molecular flexibility index (Phi) is 4.62. The molecule has 0 spiro atoms. The van der Waals surface area contributed by atoms with Gasteiger partial charge in [-0.15, -0.1) is 0 Å². The van der Waals surface area contributed by atoms with Crippen LogP contribution in [-0.4, -0.2) is 22.8 Å². The molecule has 1 N–H and O–H groups in total. The lowest BCUT2D eigenvalue weighted by molar-refractivity contribution is 0.0939. The highest BCUT2D eigenvalue weighted by molar-refractivity contribution is 5.94. The van der Waals surface area contributed by atoms with Crippen molar-refractivity contribution in [3.05, 3.63) is 47.3 Å². The second kappa shape index (κ2) is 6.43. The maximum Gasteiger partial charge on any atom is 0.251 e. The molecule has 0 radical (unpaired) electrons. The molecule has 0 fully saturated rings. The first-order valence-electron chi connectivity index (χ1n) is 7.04. The molecule has 0 aliphatic carbocycles. The zero-order valence-corrected chi connectivity index (χ0v) is 12.9. The van der Waals surface area contributed by atoms with Crippen LogP contribution in [0.4, 0.5) is 0 Å². The van der Waals surface area contributed by atoms with E-state index in [2.05, 4.69) is 10.4 Å². The van der Waals surface area contributed by atoms with Gasteiger partial charge in [0.05, 0.1) is 19.3 Å². The van der Waals surface area contributed by atoms with E-state index in [9.17, 15) is 4.79 Å². The molecule has 5 nitrogen and oxygen atoms in total. The van der Waals surface area contributed by atoms with Gasteiger partial charge in [-0.05, 0) is 39.0 Å². The number of carbonyl (C=O) groups excluding carboxylic acids is 1. The van der Waals surface area contributed by atoms with Crippen molar-refractivity contribution >= 4 is 5.91 Å². The monoisotopic (exact) mass is 287 g/mol. The fraction of sp³-hybridized carbons (Fsp3) is 0.375. The lowest BCUT2D eigenvalue weighted by Crippen LogP contribution is -2.27. The van der Waals surface area contributed by atoms with E-state index in [0.717, 1.165) is 17.8 Å². The number of nitrogens with one attached hydrogen (secondary N) is 1. The van der Waals surface area contributed by atoms with Crippen LogP contribution in [-0.2, 0) is 6.54 Å². The molecule has 1 atom stereocenters. The van der Waals surface area contributed by atoms with Crippen LogP contribution in [0.3, 0.4) is 0 Å². The summed E-state index contributed by atoms with van der Waals surface area (Å²) in [7, 11) is 1.59. The maximum absolute atomic E-state index is 12.3. The first-order valence-corrected chi connectivity index (χ1v) is 7.04. The molecule has 1 aromatic heterocycles. The third-order valence-electron chi connectivity index (χ3n) is 3.59. The van der Waals surface area contributed by atoms with Gasteiger partial charge in [0.25, 0.3) is 5.91 Å². The molecule has 2 aromatic rings. The average Bonchev–Trinajstić information content (AvgIpc) is 2.88. The zero-order valence-electron chi connectivity index (χ0n) is 12.9. The molecule has 5 heteroatoms. The van der Waals surface area contributed by atoms with Gasteiger partial charge in [0, 0.05) is 23.4 Å². The van der Waals surface area contributed by atoms with Crippen LogP contribution >= 0.6 is 0 Å². The van der Waals surface area contributed by atoms with E-state index in [0.29, 0.717) is 11.3 Å². The van der Waals surface area contributed by atoms with E-state index in [1.54, 1.807) is 25.3 Å². The summed E-state index contributed by atoms with van der Waals surface area (Å²) in [6.45, 7) is 6.84. The third-order valence-corrected chi connectivity index (χ3v) is 3.59. The Morgan fingerprint density at radius 3 is 2.86 bits per heavy atom. The van der Waals surface area contributed by atoms with Gasteiger partial charge in [0.1, 0.15) is 5.75 Å². The summed E-state index contributed by atoms with van der Waals surface area (Å²) in [5.74, 6) is 0.551. The van der Waals surface area contributed by atoms with Gasteiger partial charge in [-0.2, -0.15) is 5.10 Å². The summed E-state index contributed by atoms with van der Waals surface area (Å²) in [6, 6.07) is 7.02. The minimum atomic E-state index is -0.120. The van der Waals surface area contributed by atoms with E-state index in [4.69, 9.17) is 4.74 Å². The van der Waals surface area contributed by atoms with Gasteiger partial charge in [0.15, 0.2) is 0 Å². The molecule has 1 unspecified atom stereocenters. The Balaban J connectivity index is 2.12. The Labute approximate surface area is 124 Å². The summed E-state index contributed by atoms with van der Waals surface area (Å²) in [5.41, 5.74) is 2.70. The summed E-state index contributed by atoms with van der Waals surface area (Å²) in [4.78, 5) is 12.3. The van der Waals surface area contributed by atoms with Crippen molar-refractivity contribution in [2.75, 3.05) is 7.11 Å². The topological polar surface area (TPSA) is 56.2 Å². The van der Waals surface area contributed by atoms with E-state index >= 15 is 0 Å². The lowest BCUT2D eigenvalue weighted by atomic mass is 10.1. The molecule has 2 rings (SSSR count). The van der Waals surface area contributed by atoms with Gasteiger partial charge < -0.3 is 10.1 Å². The minimum absolute atomic E-state index is 0.0935. The number of aryl methyl sites for hydroxylation is 1. The molecule has 0 saturated carbocycles. The number of methoxy groups -OCH3 is 1. The highest BCUT2D eigenvalue weighted by Gasteiger charge is 2.16. The largest absolute Gasteiger partial charge is 0.497 e. The Morgan fingerprint density at radius 1 is 1.48 bits per heavy atom.